The molecule has 0 saturated carbocycles. The zero-order valence-electron chi connectivity index (χ0n) is 7.78. The number of aliphatic carboxylic acids is 1. The summed E-state index contributed by atoms with van der Waals surface area (Å²) in [7, 11) is 0. The summed E-state index contributed by atoms with van der Waals surface area (Å²) in [5.41, 5.74) is -1.67. The molecule has 0 fully saturated rings. The van der Waals surface area contributed by atoms with Gasteiger partial charge in [-0.05, 0) is 11.6 Å². The van der Waals surface area contributed by atoms with Crippen LogP contribution < -0.4 is 0 Å². The van der Waals surface area contributed by atoms with Crippen LogP contribution in [0.4, 0.5) is 13.2 Å². The van der Waals surface area contributed by atoms with Crippen molar-refractivity contribution in [2.24, 2.45) is 0 Å². The molecule has 1 aromatic rings. The first-order valence-corrected chi connectivity index (χ1v) is 4.09. The molecule has 1 heterocycles. The zero-order chi connectivity index (χ0) is 12.3. The normalized spacial score (nSPS) is 11.2. The van der Waals surface area contributed by atoms with Crippen molar-refractivity contribution in [3.05, 3.63) is 29.6 Å². The van der Waals surface area contributed by atoms with E-state index >= 15 is 0 Å². The van der Waals surface area contributed by atoms with Gasteiger partial charge in [-0.3, -0.25) is 9.78 Å². The van der Waals surface area contributed by atoms with Gasteiger partial charge >= 0.3 is 12.1 Å². The highest BCUT2D eigenvalue weighted by Gasteiger charge is 2.35. The molecule has 1 aromatic heterocycles. The number of Topliss-reactive ketones (excluding diaryl/α,β-unsaturated/α-hetero) is 1. The van der Waals surface area contributed by atoms with Gasteiger partial charge in [-0.15, -0.1) is 0 Å². The molecule has 0 saturated heterocycles. The summed E-state index contributed by atoms with van der Waals surface area (Å²) in [6.07, 6.45) is -4.59. The van der Waals surface area contributed by atoms with E-state index in [1.54, 1.807) is 0 Å². The van der Waals surface area contributed by atoms with Gasteiger partial charge in [0.25, 0.3) is 0 Å². The molecular weight excluding hydrogens is 227 g/mol. The summed E-state index contributed by atoms with van der Waals surface area (Å²) in [4.78, 5) is 24.1. The first-order valence-electron chi connectivity index (χ1n) is 4.09. The Hall–Kier alpha value is -1.92. The number of pyridine rings is 1. The lowest BCUT2D eigenvalue weighted by Crippen LogP contribution is -2.19. The first kappa shape index (κ1) is 12.2. The number of halogens is 3. The topological polar surface area (TPSA) is 67.3 Å². The maximum absolute atomic E-state index is 12.4. The summed E-state index contributed by atoms with van der Waals surface area (Å²) in [5.74, 6) is -3.07. The monoisotopic (exact) mass is 233 g/mol. The molecule has 4 nitrogen and oxygen atoms in total. The van der Waals surface area contributed by atoms with Crippen LogP contribution in [0.2, 0.25) is 0 Å². The van der Waals surface area contributed by atoms with Crippen molar-refractivity contribution in [2.45, 2.75) is 12.6 Å². The molecule has 0 aliphatic carbocycles. The third kappa shape index (κ3) is 2.78. The molecule has 7 heteroatoms. The summed E-state index contributed by atoms with van der Waals surface area (Å²) >= 11 is 0. The van der Waals surface area contributed by atoms with Gasteiger partial charge in [-0.1, -0.05) is 6.07 Å². The predicted molar refractivity (Wildman–Crippen MR) is 45.6 cm³/mol. The summed E-state index contributed by atoms with van der Waals surface area (Å²) < 4.78 is 37.1. The minimum absolute atomic E-state index is 0.442. The van der Waals surface area contributed by atoms with Gasteiger partial charge in [-0.2, -0.15) is 13.2 Å². The average molecular weight is 233 g/mol. The number of ketones is 1. The lowest BCUT2D eigenvalue weighted by atomic mass is 10.1. The summed E-state index contributed by atoms with van der Waals surface area (Å²) in [5, 5.41) is 8.29. The molecule has 0 aliphatic rings. The minimum atomic E-state index is -4.70. The van der Waals surface area contributed by atoms with Crippen LogP contribution in [-0.2, 0) is 22.2 Å². The Bertz CT molecular complexity index is 428. The molecule has 86 valence electrons. The molecule has 0 aliphatic heterocycles. The Labute approximate surface area is 87.7 Å². The van der Waals surface area contributed by atoms with Crippen molar-refractivity contribution in [1.82, 2.24) is 4.98 Å². The largest absolute Gasteiger partial charge is 0.475 e. The van der Waals surface area contributed by atoms with E-state index in [4.69, 9.17) is 5.11 Å². The van der Waals surface area contributed by atoms with Crippen LogP contribution in [0.1, 0.15) is 11.3 Å². The van der Waals surface area contributed by atoms with Crippen molar-refractivity contribution in [1.29, 1.82) is 0 Å². The van der Waals surface area contributed by atoms with Gasteiger partial charge in [0.15, 0.2) is 0 Å². The molecule has 0 unspecified atom stereocenters. The van der Waals surface area contributed by atoms with E-state index in [0.717, 1.165) is 12.3 Å². The fourth-order valence-corrected chi connectivity index (χ4v) is 1.09. The quantitative estimate of drug-likeness (QED) is 0.799. The number of carbonyl (C=O) groups excluding carboxylic acids is 1. The minimum Gasteiger partial charge on any atom is -0.475 e. The van der Waals surface area contributed by atoms with Crippen molar-refractivity contribution in [2.75, 3.05) is 0 Å². The molecule has 1 rings (SSSR count). The lowest BCUT2D eigenvalue weighted by molar-refractivity contribution is -0.149. The molecule has 1 N–H and O–H groups in total. The smallest absolute Gasteiger partial charge is 0.433 e. The maximum Gasteiger partial charge on any atom is 0.433 e. The van der Waals surface area contributed by atoms with Gasteiger partial charge in [0, 0.05) is 12.6 Å². The Morgan fingerprint density at radius 3 is 2.50 bits per heavy atom. The second-order valence-electron chi connectivity index (χ2n) is 2.91. The second-order valence-corrected chi connectivity index (χ2v) is 2.91. The lowest BCUT2D eigenvalue weighted by Gasteiger charge is -2.09. The number of hydrogen-bond acceptors (Lipinski definition) is 3. The van der Waals surface area contributed by atoms with E-state index < -0.39 is 35.6 Å². The van der Waals surface area contributed by atoms with Crippen LogP contribution in [0.3, 0.4) is 0 Å². The molecular formula is C9H6F3NO3. The van der Waals surface area contributed by atoms with Gasteiger partial charge in [-0.25, -0.2) is 4.79 Å². The van der Waals surface area contributed by atoms with Crippen molar-refractivity contribution < 1.29 is 27.9 Å². The highest BCUT2D eigenvalue weighted by Crippen LogP contribution is 2.30. The van der Waals surface area contributed by atoms with Crippen LogP contribution in [-0.4, -0.2) is 21.8 Å². The molecule has 0 aromatic carbocycles. The molecule has 16 heavy (non-hydrogen) atoms. The third-order valence-corrected chi connectivity index (χ3v) is 1.75. The zero-order valence-corrected chi connectivity index (χ0v) is 7.78. The van der Waals surface area contributed by atoms with Crippen molar-refractivity contribution >= 4 is 11.8 Å². The number of rotatable bonds is 3. The van der Waals surface area contributed by atoms with Crippen LogP contribution in [0, 0.1) is 0 Å². The van der Waals surface area contributed by atoms with E-state index in [0.29, 0.717) is 0 Å². The van der Waals surface area contributed by atoms with Crippen molar-refractivity contribution in [3.8, 4) is 0 Å². The second kappa shape index (κ2) is 4.30. The standard InChI is InChI=1S/C9H6F3NO3/c10-9(11,12)7-5(2-1-3-13-7)4-6(14)8(15)16/h1-3H,4H2,(H,15,16). The SMILES string of the molecule is O=C(O)C(=O)Cc1cccnc1C(F)(F)F. The summed E-state index contributed by atoms with van der Waals surface area (Å²) in [6.45, 7) is 0. The fourth-order valence-electron chi connectivity index (χ4n) is 1.09. The molecule has 0 radical (unpaired) electrons. The number of alkyl halides is 3. The van der Waals surface area contributed by atoms with E-state index in [-0.39, 0.29) is 0 Å². The Morgan fingerprint density at radius 2 is 2.00 bits per heavy atom. The van der Waals surface area contributed by atoms with Crippen molar-refractivity contribution in [3.63, 3.8) is 0 Å². The number of hydrogen-bond donors (Lipinski definition) is 1. The number of carboxylic acid groups (broad SMARTS) is 1. The number of carbonyl (C=O) groups is 2. The molecule has 0 atom stereocenters. The van der Waals surface area contributed by atoms with E-state index in [1.807, 2.05) is 0 Å². The van der Waals surface area contributed by atoms with Gasteiger partial charge in [0.05, 0.1) is 0 Å². The Kier molecular flexibility index (Phi) is 3.26. The number of carboxylic acids is 1. The van der Waals surface area contributed by atoms with Gasteiger partial charge in [0.1, 0.15) is 5.69 Å². The predicted octanol–water partition coefficient (Wildman–Crippen LogP) is 1.30. The maximum atomic E-state index is 12.4. The molecule has 0 amide bonds. The number of nitrogens with zero attached hydrogens (tertiary/aromatic N) is 1. The fraction of sp³-hybridized carbons (Fsp3) is 0.222. The van der Waals surface area contributed by atoms with Crippen LogP contribution in [0.5, 0.6) is 0 Å². The highest BCUT2D eigenvalue weighted by atomic mass is 19.4. The van der Waals surface area contributed by atoms with Crippen LogP contribution in [0.25, 0.3) is 0 Å². The third-order valence-electron chi connectivity index (χ3n) is 1.75. The van der Waals surface area contributed by atoms with Gasteiger partial charge < -0.3 is 5.11 Å². The number of aromatic nitrogens is 1. The van der Waals surface area contributed by atoms with Crippen LogP contribution >= 0.6 is 0 Å². The average Bonchev–Trinajstić information content (AvgIpc) is 2.16. The van der Waals surface area contributed by atoms with E-state index in [9.17, 15) is 22.8 Å². The molecule has 0 bridgehead atoms. The van der Waals surface area contributed by atoms with Gasteiger partial charge in [0.2, 0.25) is 5.78 Å². The Balaban J connectivity index is 3.05. The summed E-state index contributed by atoms with van der Waals surface area (Å²) in [6, 6.07) is 2.23. The van der Waals surface area contributed by atoms with Crippen LogP contribution in [0.15, 0.2) is 18.3 Å². The van der Waals surface area contributed by atoms with E-state index in [2.05, 4.69) is 4.98 Å². The first-order chi connectivity index (χ1) is 7.32. The molecule has 0 spiro atoms. The van der Waals surface area contributed by atoms with E-state index in [1.165, 1.54) is 6.07 Å². The highest BCUT2D eigenvalue weighted by molar-refractivity contribution is 6.33. The Morgan fingerprint density at radius 1 is 1.38 bits per heavy atom.